The molecule has 0 aromatic heterocycles. The van der Waals surface area contributed by atoms with Crippen LogP contribution in [0.1, 0.15) is 83.1 Å². The summed E-state index contributed by atoms with van der Waals surface area (Å²) < 4.78 is 0. The molecule has 0 aromatic carbocycles. The maximum Gasteiger partial charge on any atom is 0.335 e. The van der Waals surface area contributed by atoms with Crippen molar-refractivity contribution in [1.82, 2.24) is 10.4 Å². The van der Waals surface area contributed by atoms with Crippen LogP contribution in [-0.4, -0.2) is 51.3 Å². The number of nitrogens with zero attached hydrogens (tertiary/aromatic N) is 1. The number of hydrogen-bond donors (Lipinski definition) is 2. The van der Waals surface area contributed by atoms with E-state index in [0.717, 1.165) is 0 Å². The van der Waals surface area contributed by atoms with E-state index in [9.17, 15) is 19.2 Å². The molecule has 8 nitrogen and oxygen atoms in total. The van der Waals surface area contributed by atoms with Crippen LogP contribution < -0.4 is 11.1 Å². The molecule has 1 aliphatic heterocycles. The molecule has 0 radical (unpaired) electrons. The van der Waals surface area contributed by atoms with E-state index in [4.69, 9.17) is 10.6 Å². The Labute approximate surface area is 193 Å². The summed E-state index contributed by atoms with van der Waals surface area (Å²) in [4.78, 5) is 50.3. The maximum atomic E-state index is 11.8. The molecule has 1 saturated heterocycles. The lowest BCUT2D eigenvalue weighted by Crippen LogP contribution is -2.35. The highest BCUT2D eigenvalue weighted by Gasteiger charge is 2.42. The molecule has 1 aliphatic rings. The van der Waals surface area contributed by atoms with Crippen LogP contribution in [0.3, 0.4) is 0 Å². The molecule has 9 heteroatoms. The van der Waals surface area contributed by atoms with Crippen LogP contribution in [0.2, 0.25) is 0 Å². The second-order valence-corrected chi connectivity index (χ2v) is 10.3. The van der Waals surface area contributed by atoms with Crippen LogP contribution in [0.5, 0.6) is 0 Å². The minimum absolute atomic E-state index is 0. The molecule has 1 unspecified atom stereocenters. The van der Waals surface area contributed by atoms with Crippen LogP contribution in [0.4, 0.5) is 0 Å². The summed E-state index contributed by atoms with van der Waals surface area (Å²) in [6, 6.07) is 0.597. The van der Waals surface area contributed by atoms with Crippen LogP contribution in [0.25, 0.3) is 0 Å². The Morgan fingerprint density at radius 3 is 1.74 bits per heavy atom. The number of nitrogens with two attached hydrogens (primary N) is 1. The van der Waals surface area contributed by atoms with Gasteiger partial charge in [-0.25, -0.2) is 4.79 Å². The first-order valence-corrected chi connectivity index (χ1v) is 11.3. The van der Waals surface area contributed by atoms with Crippen molar-refractivity contribution in [3.8, 4) is 0 Å². The van der Waals surface area contributed by atoms with Crippen molar-refractivity contribution in [2.24, 2.45) is 17.6 Å². The lowest BCUT2D eigenvalue weighted by atomic mass is 10.2. The zero-order valence-electron chi connectivity index (χ0n) is 20.1. The van der Waals surface area contributed by atoms with Gasteiger partial charge in [0.25, 0.3) is 11.8 Å². The molecule has 0 saturated carbocycles. The highest BCUT2D eigenvalue weighted by atomic mass is 32.2. The Balaban J connectivity index is -0.000000473. The Morgan fingerprint density at radius 1 is 1.00 bits per heavy atom. The van der Waals surface area contributed by atoms with Gasteiger partial charge in [-0.3, -0.25) is 14.4 Å². The molecule has 1 heterocycles. The Kier molecular flexibility index (Phi) is 18.7. The average Bonchev–Trinajstić information content (AvgIpc) is 2.81. The third-order valence-electron chi connectivity index (χ3n) is 3.11. The monoisotopic (exact) mass is 463 g/mol. The number of thioether (sulfide) groups is 1. The van der Waals surface area contributed by atoms with E-state index in [1.54, 1.807) is 13.8 Å². The third kappa shape index (κ3) is 16.7. The number of amides is 3. The van der Waals surface area contributed by atoms with Gasteiger partial charge in [-0.1, -0.05) is 62.8 Å². The van der Waals surface area contributed by atoms with Gasteiger partial charge in [0.2, 0.25) is 5.91 Å². The molecule has 31 heavy (non-hydrogen) atoms. The van der Waals surface area contributed by atoms with Gasteiger partial charge in [0.1, 0.15) is 0 Å². The summed E-state index contributed by atoms with van der Waals surface area (Å²) in [5.74, 6) is -1.57. The molecule has 0 aliphatic carbocycles. The first-order valence-electron chi connectivity index (χ1n) is 10.4. The summed E-state index contributed by atoms with van der Waals surface area (Å²) >= 11 is 1.41. The van der Waals surface area contributed by atoms with Gasteiger partial charge in [0.15, 0.2) is 0 Å². The molecule has 0 spiro atoms. The van der Waals surface area contributed by atoms with Gasteiger partial charge in [0.05, 0.1) is 17.6 Å². The van der Waals surface area contributed by atoms with Crippen molar-refractivity contribution >= 4 is 35.5 Å². The molecule has 0 aromatic rings. The fourth-order valence-corrected chi connectivity index (χ4v) is 2.87. The number of hydroxylamine groups is 2. The van der Waals surface area contributed by atoms with Gasteiger partial charge in [-0.2, -0.15) is 0 Å². The molecule has 184 valence electrons. The normalized spacial score (nSPS) is 15.5. The molecule has 1 rings (SSSR count). The van der Waals surface area contributed by atoms with E-state index in [0.29, 0.717) is 11.1 Å². The van der Waals surface area contributed by atoms with E-state index in [-0.39, 0.29) is 42.9 Å². The topological polar surface area (TPSA) is 119 Å². The molecule has 1 fully saturated rings. The summed E-state index contributed by atoms with van der Waals surface area (Å²) in [6.45, 7) is 18.8. The van der Waals surface area contributed by atoms with Gasteiger partial charge in [-0.05, 0) is 25.1 Å². The van der Waals surface area contributed by atoms with Gasteiger partial charge in [-0.15, -0.1) is 16.8 Å². The van der Waals surface area contributed by atoms with Crippen molar-refractivity contribution in [1.29, 1.82) is 0 Å². The minimum atomic E-state index is -0.568. The van der Waals surface area contributed by atoms with Crippen LogP contribution >= 0.6 is 11.8 Å². The van der Waals surface area contributed by atoms with Gasteiger partial charge in [0, 0.05) is 12.0 Å². The number of hydrogen-bond acceptors (Lipinski definition) is 7. The second kappa shape index (κ2) is 17.0. The number of carbonyl (C=O) groups excluding carboxylic acids is 4. The first-order chi connectivity index (χ1) is 13.6. The number of imide groups is 1. The van der Waals surface area contributed by atoms with Gasteiger partial charge >= 0.3 is 5.97 Å². The smallest absolute Gasteiger partial charge is 0.335 e. The Hall–Kier alpha value is -1.61. The van der Waals surface area contributed by atoms with Crippen molar-refractivity contribution in [3.63, 3.8) is 0 Å². The largest absolute Gasteiger partial charge is 0.354 e. The Bertz CT molecular complexity index is 561. The van der Waals surface area contributed by atoms with E-state index >= 15 is 0 Å². The van der Waals surface area contributed by atoms with Crippen LogP contribution in [0.15, 0.2) is 0 Å². The predicted octanol–water partition coefficient (Wildman–Crippen LogP) is 3.53. The molecule has 1 atom stereocenters. The Morgan fingerprint density at radius 2 is 1.45 bits per heavy atom. The molecular formula is C22H45N3O5S. The minimum Gasteiger partial charge on any atom is -0.354 e. The quantitative estimate of drug-likeness (QED) is 0.578. The van der Waals surface area contributed by atoms with Crippen LogP contribution in [-0.2, 0) is 24.0 Å². The summed E-state index contributed by atoms with van der Waals surface area (Å²) in [5.41, 5.74) is 5.11. The lowest BCUT2D eigenvalue weighted by Gasteiger charge is -2.15. The zero-order valence-corrected chi connectivity index (χ0v) is 21.0. The predicted molar refractivity (Wildman–Crippen MR) is 128 cm³/mol. The fourth-order valence-electron chi connectivity index (χ4n) is 1.76. The lowest BCUT2D eigenvalue weighted by molar-refractivity contribution is -0.199. The van der Waals surface area contributed by atoms with E-state index in [1.807, 2.05) is 55.4 Å². The maximum absolute atomic E-state index is 11.8. The van der Waals surface area contributed by atoms with E-state index < -0.39 is 23.0 Å². The van der Waals surface area contributed by atoms with Crippen molar-refractivity contribution in [3.05, 3.63) is 0 Å². The fraction of sp³-hybridized carbons (Fsp3) is 0.818. The van der Waals surface area contributed by atoms with E-state index in [1.165, 1.54) is 11.8 Å². The number of nitrogens with one attached hydrogen (secondary N) is 1. The molecule has 0 bridgehead atoms. The first kappa shape index (κ1) is 34.0. The molecule has 3 N–H and O–H groups in total. The highest BCUT2D eigenvalue weighted by Crippen LogP contribution is 2.28. The highest BCUT2D eigenvalue weighted by molar-refractivity contribution is 8.01. The summed E-state index contributed by atoms with van der Waals surface area (Å²) in [6.07, 6.45) is 0.104. The van der Waals surface area contributed by atoms with Crippen LogP contribution in [0, 0.1) is 11.8 Å². The zero-order chi connectivity index (χ0) is 24.2. The number of rotatable bonds is 6. The SMILES string of the molecule is C.CC(C)N.CC(C)NC(=O)C(C)C.CC(C)SC1CC(=O)N(OC(=O)C(C)C)C1=O. The summed E-state index contributed by atoms with van der Waals surface area (Å²) in [7, 11) is 0. The van der Waals surface area contributed by atoms with Gasteiger partial charge < -0.3 is 15.9 Å². The number of carbonyl (C=O) groups is 4. The van der Waals surface area contributed by atoms with Crippen molar-refractivity contribution in [2.75, 3.05) is 0 Å². The average molecular weight is 464 g/mol. The van der Waals surface area contributed by atoms with Crippen molar-refractivity contribution in [2.45, 2.75) is 106 Å². The molecule has 3 amide bonds. The summed E-state index contributed by atoms with van der Waals surface area (Å²) in [5, 5.41) is 3.24. The van der Waals surface area contributed by atoms with Crippen molar-refractivity contribution < 1.29 is 24.0 Å². The van der Waals surface area contributed by atoms with E-state index in [2.05, 4.69) is 5.32 Å². The molecular weight excluding hydrogens is 418 g/mol. The second-order valence-electron chi connectivity index (χ2n) is 8.53. The standard InChI is InChI=1S/C11H17NO4S.C7H15NO.C3H9N.CH4/c1-6(2)11(15)16-12-9(13)5-8(10(12)14)17-7(3)4;1-5(2)7(9)8-6(3)4;1-3(2)4;/h6-8H,5H2,1-4H3;5-6H,1-4H3,(H,8,9);3H,4H2,1-2H3;1H4. The third-order valence-corrected chi connectivity index (χ3v) is 4.35.